The Morgan fingerprint density at radius 3 is 2.40 bits per heavy atom. The second kappa shape index (κ2) is 9.50. The smallest absolute Gasteiger partial charge is 0.253 e. The van der Waals surface area contributed by atoms with Crippen LogP contribution in [-0.4, -0.2) is 31.7 Å². The lowest BCUT2D eigenvalue weighted by atomic mass is 10.0. The van der Waals surface area contributed by atoms with E-state index < -0.39 is 15.9 Å². The van der Waals surface area contributed by atoms with Crippen molar-refractivity contribution >= 4 is 27.5 Å². The highest BCUT2D eigenvalue weighted by molar-refractivity contribution is 7.89. The molecule has 1 unspecified atom stereocenters. The summed E-state index contributed by atoms with van der Waals surface area (Å²) in [6, 6.07) is 12.2. The third-order valence-electron chi connectivity index (χ3n) is 5.80. The van der Waals surface area contributed by atoms with Gasteiger partial charge in [-0.1, -0.05) is 49.7 Å². The van der Waals surface area contributed by atoms with Gasteiger partial charge in [-0.25, -0.2) is 8.42 Å². The maximum atomic E-state index is 13.0. The Balaban J connectivity index is 1.79. The molecule has 1 fully saturated rings. The van der Waals surface area contributed by atoms with E-state index in [4.69, 9.17) is 11.6 Å². The molecule has 162 valence electrons. The fourth-order valence-electron chi connectivity index (χ4n) is 3.61. The van der Waals surface area contributed by atoms with Crippen molar-refractivity contribution in [2.24, 2.45) is 5.92 Å². The van der Waals surface area contributed by atoms with Crippen molar-refractivity contribution in [3.8, 4) is 0 Å². The van der Waals surface area contributed by atoms with Crippen LogP contribution in [0.2, 0.25) is 5.02 Å². The van der Waals surface area contributed by atoms with Crippen LogP contribution in [0.3, 0.4) is 0 Å². The highest BCUT2D eigenvalue weighted by atomic mass is 35.5. The largest absolute Gasteiger partial charge is 0.345 e. The van der Waals surface area contributed by atoms with E-state index in [1.165, 1.54) is 28.1 Å². The van der Waals surface area contributed by atoms with Crippen molar-refractivity contribution < 1.29 is 13.2 Å². The summed E-state index contributed by atoms with van der Waals surface area (Å²) in [6.45, 7) is 7.11. The number of piperidine rings is 1. The van der Waals surface area contributed by atoms with Crippen LogP contribution in [0.25, 0.3) is 0 Å². The maximum Gasteiger partial charge on any atom is 0.253 e. The Morgan fingerprint density at radius 1 is 1.17 bits per heavy atom. The standard InChI is InChI=1S/C23H29ClN2O3S/c1-4-18-5-7-19(8-6-18)17(3)25-23(27)21-15-20(9-10-22(21)24)30(28,29)26-13-11-16(2)12-14-26/h5-10,15-17H,4,11-14H2,1-3H3,(H,25,27). The number of aryl methyl sites for hydroxylation is 1. The van der Waals surface area contributed by atoms with Crippen LogP contribution >= 0.6 is 11.6 Å². The molecule has 1 aliphatic rings. The van der Waals surface area contributed by atoms with Gasteiger partial charge in [-0.05, 0) is 61.4 Å². The molecule has 3 rings (SSSR count). The minimum Gasteiger partial charge on any atom is -0.345 e. The molecule has 5 nitrogen and oxygen atoms in total. The normalized spacial score (nSPS) is 16.9. The molecule has 0 saturated carbocycles. The Morgan fingerprint density at radius 2 is 1.80 bits per heavy atom. The van der Waals surface area contributed by atoms with Crippen LogP contribution in [0.15, 0.2) is 47.4 Å². The van der Waals surface area contributed by atoms with Gasteiger partial charge < -0.3 is 5.32 Å². The summed E-state index contributed by atoms with van der Waals surface area (Å²) in [5, 5.41) is 3.15. The zero-order valence-electron chi connectivity index (χ0n) is 17.7. The lowest BCUT2D eigenvalue weighted by molar-refractivity contribution is 0.0940. The van der Waals surface area contributed by atoms with Gasteiger partial charge in [0.05, 0.1) is 21.5 Å². The summed E-state index contributed by atoms with van der Waals surface area (Å²) in [7, 11) is -3.65. The molecule has 1 aliphatic heterocycles. The number of carbonyl (C=O) groups excluding carboxylic acids is 1. The van der Waals surface area contributed by atoms with E-state index >= 15 is 0 Å². The first-order valence-electron chi connectivity index (χ1n) is 10.4. The Bertz CT molecular complexity index is 998. The minimum absolute atomic E-state index is 0.103. The lowest BCUT2D eigenvalue weighted by Crippen LogP contribution is -2.38. The molecule has 1 amide bonds. The summed E-state index contributed by atoms with van der Waals surface area (Å²) in [4.78, 5) is 13.0. The van der Waals surface area contributed by atoms with Crippen molar-refractivity contribution in [1.29, 1.82) is 0 Å². The first kappa shape index (κ1) is 22.8. The third kappa shape index (κ3) is 5.05. The minimum atomic E-state index is -3.65. The SMILES string of the molecule is CCc1ccc(C(C)NC(=O)c2cc(S(=O)(=O)N3CCC(C)CC3)ccc2Cl)cc1. The van der Waals surface area contributed by atoms with Gasteiger partial charge in [-0.3, -0.25) is 4.79 Å². The van der Waals surface area contributed by atoms with Gasteiger partial charge in [0, 0.05) is 13.1 Å². The number of amides is 1. The predicted octanol–water partition coefficient (Wildman–Crippen LogP) is 4.81. The van der Waals surface area contributed by atoms with Gasteiger partial charge in [-0.15, -0.1) is 0 Å². The molecule has 0 radical (unpaired) electrons. The monoisotopic (exact) mass is 448 g/mol. The molecule has 1 atom stereocenters. The molecule has 0 aromatic heterocycles. The molecule has 0 aliphatic carbocycles. The first-order valence-corrected chi connectivity index (χ1v) is 12.2. The van der Waals surface area contributed by atoms with Crippen LogP contribution in [0.5, 0.6) is 0 Å². The van der Waals surface area contributed by atoms with E-state index in [1.54, 1.807) is 0 Å². The molecule has 2 aromatic carbocycles. The van der Waals surface area contributed by atoms with Crippen molar-refractivity contribution in [3.63, 3.8) is 0 Å². The van der Waals surface area contributed by atoms with Crippen LogP contribution in [-0.2, 0) is 16.4 Å². The van der Waals surface area contributed by atoms with Gasteiger partial charge in [0.25, 0.3) is 5.91 Å². The molecule has 1 N–H and O–H groups in total. The number of nitrogens with zero attached hydrogens (tertiary/aromatic N) is 1. The average molecular weight is 449 g/mol. The predicted molar refractivity (Wildman–Crippen MR) is 120 cm³/mol. The average Bonchev–Trinajstić information content (AvgIpc) is 2.74. The van der Waals surface area contributed by atoms with E-state index in [0.29, 0.717) is 19.0 Å². The topological polar surface area (TPSA) is 66.5 Å². The number of sulfonamides is 1. The molecule has 1 saturated heterocycles. The molecular weight excluding hydrogens is 420 g/mol. The number of benzene rings is 2. The third-order valence-corrected chi connectivity index (χ3v) is 8.02. The molecule has 0 spiro atoms. The van der Waals surface area contributed by atoms with E-state index in [2.05, 4.69) is 19.2 Å². The van der Waals surface area contributed by atoms with E-state index in [-0.39, 0.29) is 21.5 Å². The molecule has 1 heterocycles. The Hall–Kier alpha value is -1.89. The molecule has 0 bridgehead atoms. The number of nitrogens with one attached hydrogen (secondary N) is 1. The number of hydrogen-bond donors (Lipinski definition) is 1. The fourth-order valence-corrected chi connectivity index (χ4v) is 5.31. The maximum absolute atomic E-state index is 13.0. The zero-order chi connectivity index (χ0) is 21.9. The van der Waals surface area contributed by atoms with Crippen molar-refractivity contribution in [2.75, 3.05) is 13.1 Å². The fraction of sp³-hybridized carbons (Fsp3) is 0.435. The Labute approximate surface area is 184 Å². The van der Waals surface area contributed by atoms with Crippen LogP contribution in [0.1, 0.15) is 61.1 Å². The van der Waals surface area contributed by atoms with Gasteiger partial charge in [-0.2, -0.15) is 4.31 Å². The van der Waals surface area contributed by atoms with Crippen LogP contribution in [0, 0.1) is 5.92 Å². The van der Waals surface area contributed by atoms with E-state index in [1.807, 2.05) is 31.2 Å². The summed E-state index contributed by atoms with van der Waals surface area (Å²) < 4.78 is 27.6. The lowest BCUT2D eigenvalue weighted by Gasteiger charge is -2.29. The summed E-state index contributed by atoms with van der Waals surface area (Å²) in [5.74, 6) is 0.132. The number of halogens is 1. The van der Waals surface area contributed by atoms with Gasteiger partial charge in [0.1, 0.15) is 0 Å². The molecule has 7 heteroatoms. The Kier molecular flexibility index (Phi) is 7.22. The summed E-state index contributed by atoms with van der Waals surface area (Å²) >= 11 is 6.25. The van der Waals surface area contributed by atoms with Crippen molar-refractivity contribution in [2.45, 2.75) is 51.0 Å². The first-order chi connectivity index (χ1) is 14.2. The van der Waals surface area contributed by atoms with Gasteiger partial charge >= 0.3 is 0 Å². The highest BCUT2D eigenvalue weighted by Crippen LogP contribution is 2.27. The quantitative estimate of drug-likeness (QED) is 0.689. The molecule has 2 aromatic rings. The summed E-state index contributed by atoms with van der Waals surface area (Å²) in [6.07, 6.45) is 2.64. The van der Waals surface area contributed by atoms with Gasteiger partial charge in [0.15, 0.2) is 0 Å². The second-order valence-electron chi connectivity index (χ2n) is 8.02. The van der Waals surface area contributed by atoms with E-state index in [9.17, 15) is 13.2 Å². The molecule has 30 heavy (non-hydrogen) atoms. The molecular formula is C23H29ClN2O3S. The highest BCUT2D eigenvalue weighted by Gasteiger charge is 2.29. The van der Waals surface area contributed by atoms with E-state index in [0.717, 1.165) is 24.8 Å². The van der Waals surface area contributed by atoms with Gasteiger partial charge in [0.2, 0.25) is 10.0 Å². The van der Waals surface area contributed by atoms with Crippen molar-refractivity contribution in [1.82, 2.24) is 9.62 Å². The zero-order valence-corrected chi connectivity index (χ0v) is 19.3. The van der Waals surface area contributed by atoms with Crippen molar-refractivity contribution in [3.05, 3.63) is 64.2 Å². The second-order valence-corrected chi connectivity index (χ2v) is 10.4. The number of carbonyl (C=O) groups is 1. The number of rotatable bonds is 6. The summed E-state index contributed by atoms with van der Waals surface area (Å²) in [5.41, 5.74) is 2.37. The number of hydrogen-bond acceptors (Lipinski definition) is 3. The van der Waals surface area contributed by atoms with Crippen LogP contribution < -0.4 is 5.32 Å². The van der Waals surface area contributed by atoms with Crippen LogP contribution in [0.4, 0.5) is 0 Å².